The molecule has 0 saturated heterocycles. The van der Waals surface area contributed by atoms with Crippen molar-refractivity contribution >= 4 is 0 Å². The molecule has 1 N–H and O–H groups in total. The molecule has 1 unspecified atom stereocenters. The highest BCUT2D eigenvalue weighted by molar-refractivity contribution is 5.27. The van der Waals surface area contributed by atoms with E-state index < -0.39 is 0 Å². The average Bonchev–Trinajstić information content (AvgIpc) is 2.98. The largest absolute Gasteiger partial charge is 0.472 e. The van der Waals surface area contributed by atoms with Crippen LogP contribution in [0.3, 0.4) is 0 Å². The lowest BCUT2D eigenvalue weighted by molar-refractivity contribution is 0.511. The van der Waals surface area contributed by atoms with Gasteiger partial charge in [0.05, 0.1) is 18.2 Å². The molecular formula is C15H23N3O. The van der Waals surface area contributed by atoms with Gasteiger partial charge in [0.2, 0.25) is 0 Å². The third kappa shape index (κ3) is 3.07. The topological polar surface area (TPSA) is 43.0 Å². The number of furan rings is 1. The molecule has 0 radical (unpaired) electrons. The number of rotatable bonds is 6. The minimum absolute atomic E-state index is 0.292. The van der Waals surface area contributed by atoms with Gasteiger partial charge in [-0.05, 0) is 44.9 Å². The van der Waals surface area contributed by atoms with E-state index in [4.69, 9.17) is 4.42 Å². The molecule has 0 aliphatic heterocycles. The van der Waals surface area contributed by atoms with Gasteiger partial charge in [-0.1, -0.05) is 6.92 Å². The van der Waals surface area contributed by atoms with Gasteiger partial charge in [-0.15, -0.1) is 0 Å². The Kier molecular flexibility index (Phi) is 4.43. The lowest BCUT2D eigenvalue weighted by atomic mass is 9.99. The number of aryl methyl sites for hydroxylation is 2. The van der Waals surface area contributed by atoms with Crippen molar-refractivity contribution in [2.75, 3.05) is 6.54 Å². The molecule has 2 aromatic heterocycles. The van der Waals surface area contributed by atoms with Gasteiger partial charge in [-0.25, -0.2) is 0 Å². The number of nitrogens with one attached hydrogen (secondary N) is 1. The van der Waals surface area contributed by atoms with Crippen molar-refractivity contribution < 1.29 is 4.42 Å². The average molecular weight is 261 g/mol. The number of hydrogen-bond acceptors (Lipinski definition) is 3. The smallest absolute Gasteiger partial charge is 0.0950 e. The molecular weight excluding hydrogens is 238 g/mol. The van der Waals surface area contributed by atoms with Gasteiger partial charge < -0.3 is 9.73 Å². The quantitative estimate of drug-likeness (QED) is 0.869. The zero-order chi connectivity index (χ0) is 13.8. The highest BCUT2D eigenvalue weighted by atomic mass is 16.3. The SMILES string of the molecule is CCCNC(Cc1c(C)nn(C)c1C)c1ccoc1. The van der Waals surface area contributed by atoms with Crippen LogP contribution in [0.2, 0.25) is 0 Å². The summed E-state index contributed by atoms with van der Waals surface area (Å²) >= 11 is 0. The van der Waals surface area contributed by atoms with Gasteiger partial charge in [-0.2, -0.15) is 5.10 Å². The Hall–Kier alpha value is -1.55. The first-order chi connectivity index (χ1) is 9.13. The van der Waals surface area contributed by atoms with Gasteiger partial charge in [-0.3, -0.25) is 4.68 Å². The van der Waals surface area contributed by atoms with Crippen LogP contribution in [-0.2, 0) is 13.5 Å². The molecule has 0 aliphatic rings. The minimum Gasteiger partial charge on any atom is -0.472 e. The Morgan fingerprint density at radius 3 is 2.74 bits per heavy atom. The molecule has 2 heterocycles. The predicted octanol–water partition coefficient (Wildman–Crippen LogP) is 2.91. The Labute approximate surface area is 114 Å². The maximum absolute atomic E-state index is 5.22. The molecule has 0 spiro atoms. The van der Waals surface area contributed by atoms with E-state index in [1.165, 1.54) is 16.8 Å². The van der Waals surface area contributed by atoms with Crippen molar-refractivity contribution in [3.05, 3.63) is 41.1 Å². The molecule has 0 saturated carbocycles. The summed E-state index contributed by atoms with van der Waals surface area (Å²) in [6, 6.07) is 2.33. The standard InChI is InChI=1S/C15H23N3O/c1-5-7-16-15(13-6-8-19-10-13)9-14-11(2)17-18(4)12(14)3/h6,8,10,15-16H,5,7,9H2,1-4H3. The monoisotopic (exact) mass is 261 g/mol. The van der Waals surface area contributed by atoms with Gasteiger partial charge in [0.15, 0.2) is 0 Å². The molecule has 0 bridgehead atoms. The van der Waals surface area contributed by atoms with E-state index in [0.29, 0.717) is 6.04 Å². The molecule has 2 rings (SSSR count). The van der Waals surface area contributed by atoms with Gasteiger partial charge in [0.1, 0.15) is 0 Å². The van der Waals surface area contributed by atoms with Crippen molar-refractivity contribution in [1.82, 2.24) is 15.1 Å². The highest BCUT2D eigenvalue weighted by Gasteiger charge is 2.17. The summed E-state index contributed by atoms with van der Waals surface area (Å²) in [5.41, 5.74) is 4.89. The Bertz CT molecular complexity index is 514. The fourth-order valence-electron chi connectivity index (χ4n) is 2.42. The molecule has 0 aromatic carbocycles. The maximum atomic E-state index is 5.22. The lowest BCUT2D eigenvalue weighted by Crippen LogP contribution is -2.24. The van der Waals surface area contributed by atoms with E-state index in [9.17, 15) is 0 Å². The third-order valence-corrected chi connectivity index (χ3v) is 3.65. The second-order valence-corrected chi connectivity index (χ2v) is 5.04. The molecule has 19 heavy (non-hydrogen) atoms. The highest BCUT2D eigenvalue weighted by Crippen LogP contribution is 2.23. The van der Waals surface area contributed by atoms with Gasteiger partial charge >= 0.3 is 0 Å². The molecule has 104 valence electrons. The van der Waals surface area contributed by atoms with Gasteiger partial charge in [0, 0.05) is 24.3 Å². The van der Waals surface area contributed by atoms with Crippen LogP contribution in [0.5, 0.6) is 0 Å². The van der Waals surface area contributed by atoms with Crippen molar-refractivity contribution in [1.29, 1.82) is 0 Å². The van der Waals surface area contributed by atoms with Gasteiger partial charge in [0.25, 0.3) is 0 Å². The van der Waals surface area contributed by atoms with Crippen LogP contribution in [0.4, 0.5) is 0 Å². The number of aromatic nitrogens is 2. The summed E-state index contributed by atoms with van der Waals surface area (Å²) in [5, 5.41) is 8.08. The van der Waals surface area contributed by atoms with Crippen molar-refractivity contribution in [2.45, 2.75) is 39.7 Å². The minimum atomic E-state index is 0.292. The number of hydrogen-bond donors (Lipinski definition) is 1. The van der Waals surface area contributed by atoms with E-state index in [0.717, 1.165) is 25.1 Å². The summed E-state index contributed by atoms with van der Waals surface area (Å²) in [6.45, 7) is 7.39. The Balaban J connectivity index is 2.20. The first-order valence-corrected chi connectivity index (χ1v) is 6.88. The zero-order valence-electron chi connectivity index (χ0n) is 12.2. The first kappa shape index (κ1) is 13.9. The first-order valence-electron chi connectivity index (χ1n) is 6.88. The van der Waals surface area contributed by atoms with Crippen LogP contribution < -0.4 is 5.32 Å². The lowest BCUT2D eigenvalue weighted by Gasteiger charge is -2.17. The van der Waals surface area contributed by atoms with E-state index >= 15 is 0 Å². The fraction of sp³-hybridized carbons (Fsp3) is 0.533. The second-order valence-electron chi connectivity index (χ2n) is 5.04. The fourth-order valence-corrected chi connectivity index (χ4v) is 2.42. The number of nitrogens with zero attached hydrogens (tertiary/aromatic N) is 2. The van der Waals surface area contributed by atoms with E-state index in [-0.39, 0.29) is 0 Å². The normalized spacial score (nSPS) is 12.8. The summed E-state index contributed by atoms with van der Waals surface area (Å²) < 4.78 is 7.17. The summed E-state index contributed by atoms with van der Waals surface area (Å²) in [6.07, 6.45) is 5.64. The van der Waals surface area contributed by atoms with Crippen LogP contribution in [0, 0.1) is 13.8 Å². The van der Waals surface area contributed by atoms with Crippen LogP contribution in [0.1, 0.15) is 41.9 Å². The summed E-state index contributed by atoms with van der Waals surface area (Å²) in [5.74, 6) is 0. The molecule has 1 atom stereocenters. The summed E-state index contributed by atoms with van der Waals surface area (Å²) in [7, 11) is 2.00. The van der Waals surface area contributed by atoms with Crippen LogP contribution in [0.25, 0.3) is 0 Å². The second kappa shape index (κ2) is 6.06. The summed E-state index contributed by atoms with van der Waals surface area (Å²) in [4.78, 5) is 0. The Morgan fingerprint density at radius 2 is 2.21 bits per heavy atom. The van der Waals surface area contributed by atoms with Crippen LogP contribution >= 0.6 is 0 Å². The molecule has 0 aliphatic carbocycles. The molecule has 0 fully saturated rings. The van der Waals surface area contributed by atoms with Crippen molar-refractivity contribution in [2.24, 2.45) is 7.05 Å². The molecule has 4 nitrogen and oxygen atoms in total. The molecule has 2 aromatic rings. The van der Waals surface area contributed by atoms with E-state index in [1.807, 2.05) is 24.1 Å². The van der Waals surface area contributed by atoms with E-state index in [1.54, 1.807) is 6.26 Å². The molecule has 0 amide bonds. The Morgan fingerprint density at radius 1 is 1.42 bits per heavy atom. The van der Waals surface area contributed by atoms with E-state index in [2.05, 4.69) is 31.2 Å². The zero-order valence-corrected chi connectivity index (χ0v) is 12.2. The van der Waals surface area contributed by atoms with Crippen LogP contribution in [-0.4, -0.2) is 16.3 Å². The van der Waals surface area contributed by atoms with Crippen molar-refractivity contribution in [3.63, 3.8) is 0 Å². The molecule has 4 heteroatoms. The van der Waals surface area contributed by atoms with Crippen LogP contribution in [0.15, 0.2) is 23.0 Å². The predicted molar refractivity (Wildman–Crippen MR) is 76.1 cm³/mol. The maximum Gasteiger partial charge on any atom is 0.0950 e. The third-order valence-electron chi connectivity index (χ3n) is 3.65. The van der Waals surface area contributed by atoms with Crippen molar-refractivity contribution in [3.8, 4) is 0 Å².